The van der Waals surface area contributed by atoms with Gasteiger partial charge in [-0.25, -0.2) is 9.36 Å². The quantitative estimate of drug-likeness (QED) is 0.537. The molecule has 0 bridgehead atoms. The standard InChI is InChI=1S/C18H19ClF2N3O7P/c19-11-3-1-2-10(8-11)12-5-7-29-32(28,31-12)23-14-4-6-24(17(27)22-14)16-18(20,21)15(26)13(9-25)30-16/h1-4,6,8,12-13,15-16,25-26H,5,7,9H2,(H,22,23,27,28)/t12-,13+,15?,16+,32-/m0/s1. The Labute approximate surface area is 185 Å². The fraction of sp³-hybridized carbons (Fsp3) is 0.444. The summed E-state index contributed by atoms with van der Waals surface area (Å²) in [6.07, 6.45) is -5.29. The molecule has 0 radical (unpaired) electrons. The van der Waals surface area contributed by atoms with E-state index in [0.29, 0.717) is 21.6 Å². The number of alkyl halides is 2. The highest BCUT2D eigenvalue weighted by Crippen LogP contribution is 2.55. The number of halogens is 3. The Balaban J connectivity index is 1.52. The number of hydrogen-bond acceptors (Lipinski definition) is 8. The molecule has 10 nitrogen and oxygen atoms in total. The van der Waals surface area contributed by atoms with Crippen LogP contribution in [0.1, 0.15) is 24.3 Å². The first-order valence-corrected chi connectivity index (χ1v) is 11.4. The van der Waals surface area contributed by atoms with Crippen molar-refractivity contribution in [3.8, 4) is 0 Å². The predicted octanol–water partition coefficient (Wildman–Crippen LogP) is 2.48. The van der Waals surface area contributed by atoms with Gasteiger partial charge in [-0.1, -0.05) is 23.7 Å². The summed E-state index contributed by atoms with van der Waals surface area (Å²) in [5.74, 6) is -4.08. The molecule has 0 saturated carbocycles. The van der Waals surface area contributed by atoms with E-state index in [9.17, 15) is 23.2 Å². The van der Waals surface area contributed by atoms with Crippen molar-refractivity contribution in [2.45, 2.75) is 36.9 Å². The summed E-state index contributed by atoms with van der Waals surface area (Å²) in [6, 6.07) is 7.92. The predicted molar refractivity (Wildman–Crippen MR) is 108 cm³/mol. The number of aliphatic hydroxyl groups excluding tert-OH is 2. The van der Waals surface area contributed by atoms with Gasteiger partial charge >= 0.3 is 19.4 Å². The summed E-state index contributed by atoms with van der Waals surface area (Å²) in [6.45, 7) is -0.776. The largest absolute Gasteiger partial charge is 0.434 e. The Morgan fingerprint density at radius 3 is 2.81 bits per heavy atom. The zero-order valence-corrected chi connectivity index (χ0v) is 18.0. The number of nitrogens with zero attached hydrogens (tertiary/aromatic N) is 2. The lowest BCUT2D eigenvalue weighted by Gasteiger charge is -2.30. The van der Waals surface area contributed by atoms with Crippen molar-refractivity contribution >= 4 is 25.2 Å². The van der Waals surface area contributed by atoms with E-state index in [1.54, 1.807) is 24.3 Å². The molecule has 1 unspecified atom stereocenters. The van der Waals surface area contributed by atoms with Crippen LogP contribution in [0.3, 0.4) is 0 Å². The lowest BCUT2D eigenvalue weighted by atomic mass is 10.1. The van der Waals surface area contributed by atoms with E-state index in [4.69, 9.17) is 30.5 Å². The minimum atomic E-state index is -3.94. The van der Waals surface area contributed by atoms with Crippen LogP contribution in [0.5, 0.6) is 0 Å². The van der Waals surface area contributed by atoms with Crippen molar-refractivity contribution in [1.82, 2.24) is 9.55 Å². The number of benzene rings is 1. The Kier molecular flexibility index (Phi) is 6.38. The molecule has 1 aromatic heterocycles. The summed E-state index contributed by atoms with van der Waals surface area (Å²) in [5.41, 5.74) is -0.482. The number of aromatic nitrogens is 2. The third kappa shape index (κ3) is 4.44. The molecule has 174 valence electrons. The Morgan fingerprint density at radius 2 is 2.16 bits per heavy atom. The van der Waals surface area contributed by atoms with Gasteiger partial charge < -0.3 is 14.9 Å². The molecule has 2 aliphatic rings. The normalized spacial score (nSPS) is 32.0. The molecule has 0 aliphatic carbocycles. The first-order chi connectivity index (χ1) is 15.1. The van der Waals surface area contributed by atoms with E-state index >= 15 is 0 Å². The second kappa shape index (κ2) is 8.79. The highest BCUT2D eigenvalue weighted by atomic mass is 35.5. The van der Waals surface area contributed by atoms with Gasteiger partial charge in [-0.2, -0.15) is 13.8 Å². The second-order valence-corrected chi connectivity index (χ2v) is 9.34. The van der Waals surface area contributed by atoms with Gasteiger partial charge in [0.05, 0.1) is 19.3 Å². The van der Waals surface area contributed by atoms with E-state index in [0.717, 1.165) is 12.3 Å². The molecule has 5 atom stereocenters. The van der Waals surface area contributed by atoms with Crippen LogP contribution in [0.25, 0.3) is 0 Å². The highest BCUT2D eigenvalue weighted by Gasteiger charge is 2.59. The van der Waals surface area contributed by atoms with Crippen LogP contribution in [0.15, 0.2) is 41.3 Å². The van der Waals surface area contributed by atoms with E-state index in [1.165, 1.54) is 0 Å². The topological polar surface area (TPSA) is 132 Å². The highest BCUT2D eigenvalue weighted by molar-refractivity contribution is 7.55. The van der Waals surface area contributed by atoms with Crippen molar-refractivity contribution < 1.29 is 37.3 Å². The number of aliphatic hydroxyl groups is 2. The minimum absolute atomic E-state index is 0.0844. The lowest BCUT2D eigenvalue weighted by molar-refractivity contribution is -0.140. The molecule has 3 N–H and O–H groups in total. The molecular weight excluding hydrogens is 475 g/mol. The molecule has 2 aromatic rings. The number of ether oxygens (including phenoxy) is 1. The third-order valence-corrected chi connectivity index (χ3v) is 6.81. The van der Waals surface area contributed by atoms with Gasteiger partial charge in [-0.05, 0) is 23.8 Å². The average molecular weight is 494 g/mol. The number of rotatable bonds is 5. The van der Waals surface area contributed by atoms with Crippen molar-refractivity contribution in [2.75, 3.05) is 18.3 Å². The van der Waals surface area contributed by atoms with Crippen LogP contribution in [0.4, 0.5) is 14.6 Å². The van der Waals surface area contributed by atoms with Crippen molar-refractivity contribution in [3.05, 3.63) is 57.6 Å². The van der Waals surface area contributed by atoms with E-state index in [1.807, 2.05) is 0 Å². The van der Waals surface area contributed by atoms with Crippen LogP contribution >= 0.6 is 19.3 Å². The van der Waals surface area contributed by atoms with Gasteiger partial charge in [0.1, 0.15) is 11.9 Å². The van der Waals surface area contributed by atoms with Crippen LogP contribution in [-0.2, 0) is 18.3 Å². The molecule has 2 saturated heterocycles. The summed E-state index contributed by atoms with van der Waals surface area (Å²) in [7, 11) is -3.94. The summed E-state index contributed by atoms with van der Waals surface area (Å²) in [5, 5.41) is 21.6. The van der Waals surface area contributed by atoms with Crippen LogP contribution in [-0.4, -0.2) is 51.1 Å². The summed E-state index contributed by atoms with van der Waals surface area (Å²) in [4.78, 5) is 16.0. The average Bonchev–Trinajstić information content (AvgIpc) is 2.97. The van der Waals surface area contributed by atoms with Gasteiger partial charge in [0.2, 0.25) is 6.23 Å². The first kappa shape index (κ1) is 23.2. The molecule has 32 heavy (non-hydrogen) atoms. The maximum Gasteiger partial charge on any atom is 0.434 e. The van der Waals surface area contributed by atoms with Crippen LogP contribution in [0.2, 0.25) is 5.02 Å². The monoisotopic (exact) mass is 493 g/mol. The van der Waals surface area contributed by atoms with Gasteiger partial charge in [-0.3, -0.25) is 18.7 Å². The smallest absolute Gasteiger partial charge is 0.394 e. The molecule has 2 aliphatic heterocycles. The van der Waals surface area contributed by atoms with E-state index in [-0.39, 0.29) is 12.4 Å². The Bertz CT molecular complexity index is 1100. The molecule has 4 rings (SSSR count). The summed E-state index contributed by atoms with van der Waals surface area (Å²) >= 11 is 5.99. The molecule has 1 aromatic carbocycles. The van der Waals surface area contributed by atoms with Gasteiger partial charge in [-0.15, -0.1) is 0 Å². The van der Waals surface area contributed by atoms with Gasteiger partial charge in [0, 0.05) is 17.6 Å². The molecule has 0 amide bonds. The summed E-state index contributed by atoms with van der Waals surface area (Å²) < 4.78 is 57.8. The Hall–Kier alpha value is -1.92. The van der Waals surface area contributed by atoms with Gasteiger partial charge in [0.25, 0.3) is 0 Å². The van der Waals surface area contributed by atoms with Gasteiger partial charge in [0.15, 0.2) is 6.10 Å². The molecule has 2 fully saturated rings. The third-order valence-electron chi connectivity index (χ3n) is 5.02. The maximum absolute atomic E-state index is 14.3. The van der Waals surface area contributed by atoms with Crippen LogP contribution < -0.4 is 10.8 Å². The SMILES string of the molecule is O=c1nc(N[P@]2(=O)OCC[C@@H](c3cccc(Cl)c3)O2)ccn1[C@@H]1O[C@H](CO)C(O)C1(F)F. The fourth-order valence-electron chi connectivity index (χ4n) is 3.44. The molecular formula is C18H19ClF2N3O7P. The van der Waals surface area contributed by atoms with Crippen molar-refractivity contribution in [2.24, 2.45) is 0 Å². The second-order valence-electron chi connectivity index (χ2n) is 7.21. The Morgan fingerprint density at radius 1 is 1.38 bits per heavy atom. The number of nitrogens with one attached hydrogen (secondary N) is 1. The van der Waals surface area contributed by atoms with Crippen LogP contribution in [0, 0.1) is 0 Å². The molecule has 3 heterocycles. The van der Waals surface area contributed by atoms with Crippen molar-refractivity contribution in [3.63, 3.8) is 0 Å². The number of anilines is 1. The number of hydrogen-bond donors (Lipinski definition) is 3. The zero-order chi connectivity index (χ0) is 23.1. The minimum Gasteiger partial charge on any atom is -0.394 e. The molecule has 14 heteroatoms. The van der Waals surface area contributed by atoms with Crippen molar-refractivity contribution in [1.29, 1.82) is 0 Å². The van der Waals surface area contributed by atoms with E-state index < -0.39 is 50.5 Å². The lowest BCUT2D eigenvalue weighted by Crippen LogP contribution is -2.41. The first-order valence-electron chi connectivity index (χ1n) is 9.51. The maximum atomic E-state index is 14.3. The fourth-order valence-corrected chi connectivity index (χ4v) is 5.13. The molecule has 0 spiro atoms. The zero-order valence-electron chi connectivity index (χ0n) is 16.3. The van der Waals surface area contributed by atoms with E-state index in [2.05, 4.69) is 10.1 Å².